The molecular weight excluding hydrogens is 418 g/mol. The van der Waals surface area contributed by atoms with E-state index in [0.717, 1.165) is 5.69 Å². The molecule has 4 N–H and O–H groups in total. The van der Waals surface area contributed by atoms with E-state index in [1.807, 2.05) is 30.3 Å². The fraction of sp³-hybridized carbons (Fsp3) is 0.118. The number of para-hydroxylation sites is 1. The minimum absolute atomic E-state index is 0.0151. The molecule has 3 aromatic rings. The van der Waals surface area contributed by atoms with Crippen molar-refractivity contribution >= 4 is 55.5 Å². The van der Waals surface area contributed by atoms with Gasteiger partial charge in [0.05, 0.1) is 10.6 Å². The topological polar surface area (TPSA) is 127 Å². The molecule has 0 aliphatic rings. The Hall–Kier alpha value is -2.47. The van der Waals surface area contributed by atoms with Crippen LogP contribution in [0.15, 0.2) is 57.8 Å². The molecule has 0 spiro atoms. The van der Waals surface area contributed by atoms with Crippen LogP contribution in [0.5, 0.6) is 0 Å². The second-order valence-corrected chi connectivity index (χ2v) is 9.46. The number of hydrogen-bond acceptors (Lipinski definition) is 8. The van der Waals surface area contributed by atoms with Crippen molar-refractivity contribution in [2.24, 2.45) is 5.14 Å². The first kappa shape index (κ1) is 20.3. The van der Waals surface area contributed by atoms with Gasteiger partial charge in [-0.2, -0.15) is 0 Å². The summed E-state index contributed by atoms with van der Waals surface area (Å²) in [6.45, 7) is 1.64. The Kier molecular flexibility index (Phi) is 6.29. The highest BCUT2D eigenvalue weighted by molar-refractivity contribution is 8.01. The lowest BCUT2D eigenvalue weighted by Gasteiger charge is -2.08. The van der Waals surface area contributed by atoms with Gasteiger partial charge in [-0.3, -0.25) is 4.79 Å². The van der Waals surface area contributed by atoms with E-state index in [9.17, 15) is 13.2 Å². The van der Waals surface area contributed by atoms with Crippen LogP contribution >= 0.6 is 23.1 Å². The smallest absolute Gasteiger partial charge is 0.238 e. The zero-order valence-corrected chi connectivity index (χ0v) is 17.2. The summed E-state index contributed by atoms with van der Waals surface area (Å²) < 4.78 is 23.8. The number of benzene rings is 2. The first-order chi connectivity index (χ1) is 13.3. The highest BCUT2D eigenvalue weighted by Crippen LogP contribution is 2.27. The van der Waals surface area contributed by atoms with Gasteiger partial charge in [-0.1, -0.05) is 47.4 Å². The standard InChI is InChI=1S/C17H17N5O3S3/c1-11-7-8-13(9-14(11)28(18,24)25)19-15(23)10-26-17-22-21-16(27-17)20-12-5-3-2-4-6-12/h2-9H,10H2,1H3,(H,19,23)(H,20,21)(H2,18,24,25). The van der Waals surface area contributed by atoms with Crippen molar-refractivity contribution in [1.29, 1.82) is 0 Å². The van der Waals surface area contributed by atoms with Gasteiger partial charge in [0, 0.05) is 11.4 Å². The van der Waals surface area contributed by atoms with Gasteiger partial charge in [0.15, 0.2) is 4.34 Å². The highest BCUT2D eigenvalue weighted by atomic mass is 32.2. The van der Waals surface area contributed by atoms with Gasteiger partial charge < -0.3 is 10.6 Å². The number of nitrogens with one attached hydrogen (secondary N) is 2. The van der Waals surface area contributed by atoms with Crippen molar-refractivity contribution < 1.29 is 13.2 Å². The van der Waals surface area contributed by atoms with Crippen molar-refractivity contribution in [3.8, 4) is 0 Å². The zero-order valence-electron chi connectivity index (χ0n) is 14.7. The van der Waals surface area contributed by atoms with E-state index in [2.05, 4.69) is 20.8 Å². The molecule has 1 aromatic heterocycles. The molecule has 0 unspecified atom stereocenters. The van der Waals surface area contributed by atoms with Gasteiger partial charge in [-0.15, -0.1) is 10.2 Å². The van der Waals surface area contributed by atoms with Crippen molar-refractivity contribution in [3.63, 3.8) is 0 Å². The molecule has 8 nitrogen and oxygen atoms in total. The number of carbonyl (C=O) groups is 1. The SMILES string of the molecule is Cc1ccc(NC(=O)CSc2nnc(Nc3ccccc3)s2)cc1S(N)(=O)=O. The molecule has 0 bridgehead atoms. The molecule has 11 heteroatoms. The lowest BCUT2D eigenvalue weighted by molar-refractivity contribution is -0.113. The molecule has 0 aliphatic carbocycles. The van der Waals surface area contributed by atoms with E-state index < -0.39 is 10.0 Å². The summed E-state index contributed by atoms with van der Waals surface area (Å²) >= 11 is 2.58. The Morgan fingerprint density at radius 1 is 1.14 bits per heavy atom. The van der Waals surface area contributed by atoms with Crippen LogP contribution in [0, 0.1) is 6.92 Å². The summed E-state index contributed by atoms with van der Waals surface area (Å²) in [7, 11) is -3.85. The van der Waals surface area contributed by atoms with E-state index in [0.29, 0.717) is 20.7 Å². The average molecular weight is 436 g/mol. The predicted molar refractivity (Wildman–Crippen MR) is 112 cm³/mol. The van der Waals surface area contributed by atoms with E-state index in [-0.39, 0.29) is 16.6 Å². The van der Waals surface area contributed by atoms with Crippen LogP contribution in [0.2, 0.25) is 0 Å². The number of thioether (sulfide) groups is 1. The molecule has 0 fully saturated rings. The molecule has 3 rings (SSSR count). The number of primary sulfonamides is 1. The monoisotopic (exact) mass is 435 g/mol. The van der Waals surface area contributed by atoms with Gasteiger partial charge in [0.2, 0.25) is 21.1 Å². The van der Waals surface area contributed by atoms with Crippen molar-refractivity contribution in [1.82, 2.24) is 10.2 Å². The van der Waals surface area contributed by atoms with E-state index in [4.69, 9.17) is 5.14 Å². The molecule has 28 heavy (non-hydrogen) atoms. The molecule has 146 valence electrons. The molecule has 2 aromatic carbocycles. The summed E-state index contributed by atoms with van der Waals surface area (Å²) in [6, 6.07) is 14.1. The van der Waals surface area contributed by atoms with E-state index in [1.165, 1.54) is 29.2 Å². The largest absolute Gasteiger partial charge is 0.330 e. The van der Waals surface area contributed by atoms with Crippen LogP contribution < -0.4 is 15.8 Å². The number of hydrogen-bond donors (Lipinski definition) is 3. The minimum atomic E-state index is -3.85. The number of aryl methyl sites for hydroxylation is 1. The number of anilines is 3. The van der Waals surface area contributed by atoms with E-state index >= 15 is 0 Å². The maximum atomic E-state index is 12.2. The molecule has 0 saturated heterocycles. The molecule has 1 heterocycles. The average Bonchev–Trinajstić information content (AvgIpc) is 3.09. The summed E-state index contributed by atoms with van der Waals surface area (Å²) in [5.41, 5.74) is 1.78. The third-order valence-electron chi connectivity index (χ3n) is 3.54. The number of nitrogens with two attached hydrogens (primary N) is 1. The summed E-state index contributed by atoms with van der Waals surface area (Å²) in [6.07, 6.45) is 0. The van der Waals surface area contributed by atoms with Gasteiger partial charge in [0.25, 0.3) is 0 Å². The Morgan fingerprint density at radius 3 is 2.61 bits per heavy atom. The summed E-state index contributed by atoms with van der Waals surface area (Å²) in [4.78, 5) is 12.1. The van der Waals surface area contributed by atoms with Crippen molar-refractivity contribution in [2.45, 2.75) is 16.2 Å². The highest BCUT2D eigenvalue weighted by Gasteiger charge is 2.14. The number of rotatable bonds is 7. The first-order valence-electron chi connectivity index (χ1n) is 8.03. The lowest BCUT2D eigenvalue weighted by atomic mass is 10.2. The maximum Gasteiger partial charge on any atom is 0.238 e. The molecule has 0 saturated carbocycles. The fourth-order valence-corrected chi connectivity index (χ4v) is 4.65. The van der Waals surface area contributed by atoms with Gasteiger partial charge >= 0.3 is 0 Å². The Balaban J connectivity index is 1.56. The molecule has 0 aliphatic heterocycles. The lowest BCUT2D eigenvalue weighted by Crippen LogP contribution is -2.17. The Bertz CT molecular complexity index is 1080. The molecule has 1 amide bonds. The van der Waals surface area contributed by atoms with Crippen LogP contribution in [-0.4, -0.2) is 30.3 Å². The van der Waals surface area contributed by atoms with Crippen LogP contribution in [0.1, 0.15) is 5.56 Å². The summed E-state index contributed by atoms with van der Waals surface area (Å²) in [5.74, 6) is -0.180. The third-order valence-corrected chi connectivity index (χ3v) is 6.56. The predicted octanol–water partition coefficient (Wildman–Crippen LogP) is 2.97. The minimum Gasteiger partial charge on any atom is -0.330 e. The zero-order chi connectivity index (χ0) is 20.1. The molecule has 0 atom stereocenters. The van der Waals surface area contributed by atoms with Gasteiger partial charge in [0.1, 0.15) is 0 Å². The first-order valence-corrected chi connectivity index (χ1v) is 11.4. The van der Waals surface area contributed by atoms with Crippen LogP contribution in [0.25, 0.3) is 0 Å². The number of amides is 1. The van der Waals surface area contributed by atoms with Crippen molar-refractivity contribution in [2.75, 3.05) is 16.4 Å². The van der Waals surface area contributed by atoms with Crippen LogP contribution in [0.4, 0.5) is 16.5 Å². The maximum absolute atomic E-state index is 12.2. The fourth-order valence-electron chi connectivity index (χ4n) is 2.27. The molecule has 0 radical (unpaired) electrons. The Labute approximate surface area is 170 Å². The van der Waals surface area contributed by atoms with Crippen molar-refractivity contribution in [3.05, 3.63) is 54.1 Å². The van der Waals surface area contributed by atoms with Crippen LogP contribution in [-0.2, 0) is 14.8 Å². The number of nitrogens with zero attached hydrogens (tertiary/aromatic N) is 2. The number of carbonyl (C=O) groups excluding carboxylic acids is 1. The Morgan fingerprint density at radius 2 is 1.89 bits per heavy atom. The molecular formula is C17H17N5O3S3. The van der Waals surface area contributed by atoms with E-state index in [1.54, 1.807) is 19.1 Å². The third kappa shape index (κ3) is 5.52. The summed E-state index contributed by atoms with van der Waals surface area (Å²) in [5, 5.41) is 19.7. The number of aromatic nitrogens is 2. The quantitative estimate of drug-likeness (QED) is 0.487. The second-order valence-electron chi connectivity index (χ2n) is 5.73. The second kappa shape index (κ2) is 8.69. The van der Waals surface area contributed by atoms with Gasteiger partial charge in [-0.25, -0.2) is 13.6 Å². The van der Waals surface area contributed by atoms with Gasteiger partial charge in [-0.05, 0) is 36.8 Å². The van der Waals surface area contributed by atoms with Crippen LogP contribution in [0.3, 0.4) is 0 Å². The normalized spacial score (nSPS) is 11.2. The number of sulfonamides is 1.